The van der Waals surface area contributed by atoms with Crippen LogP contribution in [-0.2, 0) is 4.79 Å². The predicted octanol–water partition coefficient (Wildman–Crippen LogP) is 3.02. The van der Waals surface area contributed by atoms with Crippen molar-refractivity contribution < 1.29 is 18.0 Å². The van der Waals surface area contributed by atoms with Gasteiger partial charge in [-0.25, -0.2) is 19.9 Å². The molecule has 0 radical (unpaired) electrons. The number of hydrogen-bond donors (Lipinski definition) is 1. The highest BCUT2D eigenvalue weighted by Crippen LogP contribution is 2.35. The van der Waals surface area contributed by atoms with E-state index >= 15 is 0 Å². The Morgan fingerprint density at radius 1 is 1.34 bits per heavy atom. The Kier molecular flexibility index (Phi) is 5.12. The van der Waals surface area contributed by atoms with Gasteiger partial charge in [-0.05, 0) is 25.0 Å². The zero-order valence-electron chi connectivity index (χ0n) is 15.0. The van der Waals surface area contributed by atoms with Crippen molar-refractivity contribution in [2.24, 2.45) is 4.99 Å². The lowest BCUT2D eigenvalue weighted by Gasteiger charge is -2.25. The first-order valence-corrected chi connectivity index (χ1v) is 9.33. The fourth-order valence-corrected chi connectivity index (χ4v) is 3.67. The minimum Gasteiger partial charge on any atom is -0.345 e. The monoisotopic (exact) mass is 424 g/mol. The molecule has 1 saturated heterocycles. The van der Waals surface area contributed by atoms with Crippen molar-refractivity contribution >= 4 is 35.4 Å². The third-order valence-corrected chi connectivity index (χ3v) is 5.00. The summed E-state index contributed by atoms with van der Waals surface area (Å²) in [6, 6.07) is 2.68. The zero-order valence-corrected chi connectivity index (χ0v) is 15.8. The molecule has 0 spiro atoms. The van der Waals surface area contributed by atoms with Gasteiger partial charge < -0.3 is 10.2 Å². The van der Waals surface area contributed by atoms with Crippen molar-refractivity contribution in [3.63, 3.8) is 0 Å². The molecule has 0 saturated carbocycles. The summed E-state index contributed by atoms with van der Waals surface area (Å²) in [7, 11) is 0. The number of nitrogens with one attached hydrogen (secondary N) is 1. The summed E-state index contributed by atoms with van der Waals surface area (Å²) in [5.41, 5.74) is 0.774. The summed E-state index contributed by atoms with van der Waals surface area (Å²) in [6.45, 7) is -0.836. The van der Waals surface area contributed by atoms with Gasteiger partial charge in [0.1, 0.15) is 24.2 Å². The van der Waals surface area contributed by atoms with Gasteiger partial charge in [-0.3, -0.25) is 4.79 Å². The van der Waals surface area contributed by atoms with Crippen LogP contribution in [0.3, 0.4) is 0 Å². The van der Waals surface area contributed by atoms with Crippen molar-refractivity contribution in [1.29, 1.82) is 0 Å². The fourth-order valence-electron chi connectivity index (χ4n) is 3.51. The number of fused-ring (bicyclic) bond motifs is 1. The number of aliphatic imine (C=N–C) groups is 1. The zero-order chi connectivity index (χ0) is 20.6. The second kappa shape index (κ2) is 7.58. The van der Waals surface area contributed by atoms with Crippen molar-refractivity contribution in [3.8, 4) is 0 Å². The fraction of sp³-hybridized carbons (Fsp3) is 0.389. The predicted molar refractivity (Wildman–Crippen MR) is 101 cm³/mol. The molecule has 0 bridgehead atoms. The van der Waals surface area contributed by atoms with Crippen LogP contribution in [0.15, 0.2) is 29.5 Å². The third-order valence-electron chi connectivity index (χ3n) is 4.79. The number of rotatable bonds is 4. The van der Waals surface area contributed by atoms with E-state index in [1.165, 1.54) is 6.20 Å². The molecule has 29 heavy (non-hydrogen) atoms. The van der Waals surface area contributed by atoms with Gasteiger partial charge in [0.05, 0.1) is 10.9 Å². The van der Waals surface area contributed by atoms with E-state index in [2.05, 4.69) is 19.9 Å². The highest BCUT2D eigenvalue weighted by atomic mass is 35.5. The van der Waals surface area contributed by atoms with Crippen molar-refractivity contribution in [3.05, 3.63) is 40.9 Å². The number of aromatic nitrogens is 3. The molecule has 0 aliphatic carbocycles. The van der Waals surface area contributed by atoms with Gasteiger partial charge in [-0.2, -0.15) is 13.2 Å². The molecule has 4 rings (SSSR count). The Labute approximate surface area is 169 Å². The molecule has 1 N–H and O–H groups in total. The normalized spacial score (nSPS) is 20.8. The Morgan fingerprint density at radius 3 is 2.97 bits per heavy atom. The topological polar surface area (TPSA) is 83.4 Å². The number of anilines is 1. The maximum Gasteiger partial charge on any atom is 0.405 e. The van der Waals surface area contributed by atoms with Crippen LogP contribution in [0, 0.1) is 0 Å². The minimum atomic E-state index is -4.45. The molecular weight excluding hydrogens is 409 g/mol. The van der Waals surface area contributed by atoms with Gasteiger partial charge in [0.15, 0.2) is 5.82 Å². The largest absolute Gasteiger partial charge is 0.405 e. The lowest BCUT2D eigenvalue weighted by molar-refractivity contribution is -0.139. The van der Waals surface area contributed by atoms with Crippen molar-refractivity contribution in [2.75, 3.05) is 18.0 Å². The summed E-state index contributed by atoms with van der Waals surface area (Å²) < 4.78 is 37.3. The number of nitrogens with zero attached hydrogens (tertiary/aromatic N) is 5. The van der Waals surface area contributed by atoms with E-state index in [0.29, 0.717) is 41.9 Å². The molecule has 2 aliphatic rings. The molecule has 7 nitrogen and oxygen atoms in total. The first-order chi connectivity index (χ1) is 13.8. The van der Waals surface area contributed by atoms with Gasteiger partial charge in [-0.15, -0.1) is 0 Å². The van der Waals surface area contributed by atoms with Gasteiger partial charge in [0, 0.05) is 30.7 Å². The van der Waals surface area contributed by atoms with Gasteiger partial charge in [-0.1, -0.05) is 11.6 Å². The van der Waals surface area contributed by atoms with Crippen molar-refractivity contribution in [1.82, 2.24) is 20.3 Å². The Balaban J connectivity index is 1.56. The Hall–Kier alpha value is -2.75. The number of carbonyl (C=O) groups is 1. The number of amides is 1. The van der Waals surface area contributed by atoms with Gasteiger partial charge in [0.25, 0.3) is 0 Å². The third kappa shape index (κ3) is 4.16. The number of alkyl halides is 3. The smallest absolute Gasteiger partial charge is 0.345 e. The highest BCUT2D eigenvalue weighted by Gasteiger charge is 2.35. The van der Waals surface area contributed by atoms with Crippen LogP contribution in [0.4, 0.5) is 24.8 Å². The van der Waals surface area contributed by atoms with Crippen LogP contribution in [0.2, 0.25) is 5.02 Å². The lowest BCUT2D eigenvalue weighted by Crippen LogP contribution is -2.46. The molecular formula is C18H16ClF3N6O. The molecule has 2 aromatic heterocycles. The highest BCUT2D eigenvalue weighted by molar-refractivity contribution is 6.30. The van der Waals surface area contributed by atoms with E-state index in [0.717, 1.165) is 5.56 Å². The number of pyridine rings is 1. The Bertz CT molecular complexity index is 967. The van der Waals surface area contributed by atoms with E-state index in [1.54, 1.807) is 29.4 Å². The van der Waals surface area contributed by atoms with E-state index < -0.39 is 24.7 Å². The number of halogens is 4. The van der Waals surface area contributed by atoms with Gasteiger partial charge >= 0.3 is 6.18 Å². The maximum absolute atomic E-state index is 12.4. The summed E-state index contributed by atoms with van der Waals surface area (Å²) in [4.78, 5) is 31.3. The summed E-state index contributed by atoms with van der Waals surface area (Å²) in [5, 5.41) is 2.43. The van der Waals surface area contributed by atoms with Crippen LogP contribution in [0.25, 0.3) is 0 Å². The van der Waals surface area contributed by atoms with E-state index in [-0.39, 0.29) is 5.92 Å². The van der Waals surface area contributed by atoms with Crippen LogP contribution in [0.5, 0.6) is 0 Å². The first kappa shape index (κ1) is 19.6. The Morgan fingerprint density at radius 2 is 2.17 bits per heavy atom. The molecule has 11 heteroatoms. The second-order valence-electron chi connectivity index (χ2n) is 6.78. The van der Waals surface area contributed by atoms with Gasteiger partial charge in [0.2, 0.25) is 5.91 Å². The first-order valence-electron chi connectivity index (χ1n) is 8.95. The van der Waals surface area contributed by atoms with Crippen LogP contribution < -0.4 is 10.2 Å². The maximum atomic E-state index is 12.4. The van der Waals surface area contributed by atoms with Crippen LogP contribution in [-0.4, -0.2) is 52.4 Å². The second-order valence-corrected chi connectivity index (χ2v) is 7.22. The molecule has 4 heterocycles. The average Bonchev–Trinajstić information content (AvgIpc) is 3.32. The number of hydrogen-bond acceptors (Lipinski definition) is 6. The summed E-state index contributed by atoms with van der Waals surface area (Å²) >= 11 is 6.04. The van der Waals surface area contributed by atoms with E-state index in [4.69, 9.17) is 11.6 Å². The van der Waals surface area contributed by atoms with E-state index in [1.807, 2.05) is 5.32 Å². The molecule has 1 amide bonds. The molecule has 1 fully saturated rings. The molecule has 2 aliphatic heterocycles. The van der Waals surface area contributed by atoms with Crippen molar-refractivity contribution in [2.45, 2.75) is 31.0 Å². The molecule has 0 aromatic carbocycles. The standard InChI is InChI=1S/C18H16ClF3N6O/c19-10-6-11-12(8-25-15(11)24-7-10)16-23-4-3-14(27-16)28-5-1-2-13(28)17(29)26-9-18(20,21)22/h3-4,6-8,12-13H,1-2,5,9H2,(H,26,29)/t12?,13-/m0/s1. The SMILES string of the molecule is O=C(NCC(F)(F)F)[C@@H]1CCCN1c1ccnc(C2C=Nc3ncc(Cl)cc32)n1. The molecule has 1 unspecified atom stereocenters. The van der Waals surface area contributed by atoms with Crippen LogP contribution >= 0.6 is 11.6 Å². The van der Waals surface area contributed by atoms with Crippen LogP contribution in [0.1, 0.15) is 30.1 Å². The quantitative estimate of drug-likeness (QED) is 0.815. The minimum absolute atomic E-state index is 0.337. The summed E-state index contributed by atoms with van der Waals surface area (Å²) in [6.07, 6.45) is 1.42. The van der Waals surface area contributed by atoms with E-state index in [9.17, 15) is 18.0 Å². The molecule has 152 valence electrons. The molecule has 2 atom stereocenters. The average molecular weight is 425 g/mol. The lowest BCUT2D eigenvalue weighted by atomic mass is 10.0. The summed E-state index contributed by atoms with van der Waals surface area (Å²) in [5.74, 6) is 0.478. The molecule has 2 aromatic rings. The number of carbonyl (C=O) groups excluding carboxylic acids is 1.